The van der Waals surface area contributed by atoms with Crippen LogP contribution in [0.1, 0.15) is 39.2 Å². The largest absolute Gasteiger partial charge is 0.497 e. The van der Waals surface area contributed by atoms with E-state index < -0.39 is 0 Å². The van der Waals surface area contributed by atoms with Gasteiger partial charge >= 0.3 is 0 Å². The molecule has 1 amide bonds. The van der Waals surface area contributed by atoms with E-state index in [9.17, 15) is 9.90 Å². The first-order chi connectivity index (χ1) is 12.8. The van der Waals surface area contributed by atoms with E-state index >= 15 is 0 Å². The zero-order chi connectivity index (χ0) is 20.0. The summed E-state index contributed by atoms with van der Waals surface area (Å²) in [5.74, 6) is 0.470. The summed E-state index contributed by atoms with van der Waals surface area (Å²) in [5, 5.41) is 20.8. The third-order valence-corrected chi connectivity index (χ3v) is 5.17. The van der Waals surface area contributed by atoms with E-state index in [1.165, 1.54) is 0 Å². The number of nitrogens with zero attached hydrogens (tertiary/aromatic N) is 1. The molecular weight excluding hydrogens is 342 g/mol. The molecule has 1 fully saturated rings. The monoisotopic (exact) mass is 375 g/mol. The average Bonchev–Trinajstić information content (AvgIpc) is 3.10. The molecular formula is C21H33N3O3. The predicted molar refractivity (Wildman–Crippen MR) is 107 cm³/mol. The van der Waals surface area contributed by atoms with Crippen LogP contribution in [0.5, 0.6) is 5.75 Å². The highest BCUT2D eigenvalue weighted by Gasteiger charge is 2.32. The van der Waals surface area contributed by atoms with Crippen molar-refractivity contribution in [3.05, 3.63) is 29.8 Å². The summed E-state index contributed by atoms with van der Waals surface area (Å²) in [6.45, 7) is 7.65. The van der Waals surface area contributed by atoms with Gasteiger partial charge in [0.05, 0.1) is 19.8 Å². The van der Waals surface area contributed by atoms with E-state index in [4.69, 9.17) is 10.1 Å². The first-order valence-corrected chi connectivity index (χ1v) is 9.60. The number of aliphatic hydroxyl groups is 1. The second-order valence-corrected chi connectivity index (χ2v) is 8.26. The van der Waals surface area contributed by atoms with E-state index in [1.54, 1.807) is 7.11 Å². The molecule has 0 radical (unpaired) electrons. The Morgan fingerprint density at radius 1 is 1.37 bits per heavy atom. The van der Waals surface area contributed by atoms with Crippen molar-refractivity contribution >= 4 is 11.6 Å². The highest BCUT2D eigenvalue weighted by Crippen LogP contribution is 2.23. The van der Waals surface area contributed by atoms with Gasteiger partial charge in [0.1, 0.15) is 5.75 Å². The molecule has 0 spiro atoms. The fraction of sp³-hybridized carbons (Fsp3) is 0.619. The number of hydrogen-bond acceptors (Lipinski definition) is 5. The van der Waals surface area contributed by atoms with Crippen LogP contribution in [0.4, 0.5) is 0 Å². The Morgan fingerprint density at radius 3 is 2.59 bits per heavy atom. The van der Waals surface area contributed by atoms with Crippen LogP contribution in [-0.2, 0) is 11.3 Å². The lowest BCUT2D eigenvalue weighted by atomic mass is 9.82. The number of methoxy groups -OCH3 is 1. The quantitative estimate of drug-likeness (QED) is 0.609. The van der Waals surface area contributed by atoms with Gasteiger partial charge in [0.25, 0.3) is 0 Å². The number of amides is 1. The number of carbonyl (C=O) groups excluding carboxylic acids is 1. The lowest BCUT2D eigenvalue weighted by Gasteiger charge is -2.28. The van der Waals surface area contributed by atoms with Crippen molar-refractivity contribution in [2.45, 2.75) is 46.2 Å². The van der Waals surface area contributed by atoms with Crippen molar-refractivity contribution in [2.24, 2.45) is 11.3 Å². The van der Waals surface area contributed by atoms with Gasteiger partial charge in [-0.25, -0.2) is 0 Å². The van der Waals surface area contributed by atoms with Gasteiger partial charge in [-0.05, 0) is 42.5 Å². The molecule has 1 aromatic rings. The van der Waals surface area contributed by atoms with Gasteiger partial charge < -0.3 is 20.6 Å². The number of aliphatic hydroxyl groups excluding tert-OH is 1. The zero-order valence-corrected chi connectivity index (χ0v) is 16.9. The molecule has 1 unspecified atom stereocenters. The Labute approximate surface area is 162 Å². The maximum absolute atomic E-state index is 12.7. The summed E-state index contributed by atoms with van der Waals surface area (Å²) in [4.78, 5) is 14.9. The molecule has 150 valence electrons. The fourth-order valence-electron chi connectivity index (χ4n) is 3.49. The number of likely N-dealkylation sites (tertiary alicyclic amines) is 1. The molecule has 2 rings (SSSR count). The number of hydrogen-bond donors (Lipinski definition) is 3. The molecule has 0 bridgehead atoms. The molecule has 1 saturated heterocycles. The molecule has 1 aliphatic heterocycles. The standard InChI is InChI=1S/C21H33N3O3/c1-21(2,3)19(22)16(14-25)12-23-20(26)18-6-5-11-24(18)13-15-7-9-17(27-4)10-8-15/h7-10,16,18,22,25H,5-6,11-14H2,1-4H3,(H,23,26)/t16?,18-/m0/s1. The minimum atomic E-state index is -0.342. The van der Waals surface area contributed by atoms with Gasteiger partial charge in [-0.3, -0.25) is 9.69 Å². The third-order valence-electron chi connectivity index (χ3n) is 5.17. The fourth-order valence-corrected chi connectivity index (χ4v) is 3.49. The zero-order valence-electron chi connectivity index (χ0n) is 16.9. The van der Waals surface area contributed by atoms with Crippen LogP contribution in [0.2, 0.25) is 0 Å². The molecule has 0 aromatic heterocycles. The summed E-state index contributed by atoms with van der Waals surface area (Å²) >= 11 is 0. The minimum Gasteiger partial charge on any atom is -0.497 e. The smallest absolute Gasteiger partial charge is 0.237 e. The van der Waals surface area contributed by atoms with Crippen molar-refractivity contribution in [3.63, 3.8) is 0 Å². The van der Waals surface area contributed by atoms with Crippen molar-refractivity contribution in [1.82, 2.24) is 10.2 Å². The van der Waals surface area contributed by atoms with Crippen molar-refractivity contribution in [3.8, 4) is 5.75 Å². The van der Waals surface area contributed by atoms with Crippen LogP contribution in [0.3, 0.4) is 0 Å². The summed E-state index contributed by atoms with van der Waals surface area (Å²) in [6, 6.07) is 7.77. The molecule has 1 aliphatic rings. The number of rotatable bonds is 8. The minimum absolute atomic E-state index is 0.0128. The summed E-state index contributed by atoms with van der Waals surface area (Å²) in [7, 11) is 1.65. The summed E-state index contributed by atoms with van der Waals surface area (Å²) < 4.78 is 5.19. The van der Waals surface area contributed by atoms with Crippen molar-refractivity contribution < 1.29 is 14.6 Å². The SMILES string of the molecule is COc1ccc(CN2CCC[C@H]2C(=O)NCC(CO)C(=N)C(C)(C)C)cc1. The van der Waals surface area contributed by atoms with Crippen LogP contribution in [0, 0.1) is 16.7 Å². The highest BCUT2D eigenvalue weighted by atomic mass is 16.5. The molecule has 6 nitrogen and oxygen atoms in total. The molecule has 2 atom stereocenters. The third kappa shape index (κ3) is 5.78. The molecule has 6 heteroatoms. The topological polar surface area (TPSA) is 85.7 Å². The van der Waals surface area contributed by atoms with Crippen LogP contribution >= 0.6 is 0 Å². The Balaban J connectivity index is 1.93. The number of benzene rings is 1. The molecule has 1 heterocycles. The maximum atomic E-state index is 12.7. The second-order valence-electron chi connectivity index (χ2n) is 8.26. The molecule has 0 aliphatic carbocycles. The van der Waals surface area contributed by atoms with Crippen LogP contribution in [0.15, 0.2) is 24.3 Å². The van der Waals surface area contributed by atoms with E-state index in [0.29, 0.717) is 12.3 Å². The lowest BCUT2D eigenvalue weighted by molar-refractivity contribution is -0.125. The second kappa shape index (κ2) is 9.33. The van der Waals surface area contributed by atoms with E-state index in [1.807, 2.05) is 45.0 Å². The molecule has 27 heavy (non-hydrogen) atoms. The molecule has 3 N–H and O–H groups in total. The maximum Gasteiger partial charge on any atom is 0.237 e. The van der Waals surface area contributed by atoms with E-state index in [0.717, 1.165) is 37.2 Å². The van der Waals surface area contributed by atoms with Crippen LogP contribution in [-0.4, -0.2) is 54.5 Å². The first kappa shape index (κ1) is 21.4. The van der Waals surface area contributed by atoms with Gasteiger partial charge in [0.15, 0.2) is 0 Å². The average molecular weight is 376 g/mol. The summed E-state index contributed by atoms with van der Waals surface area (Å²) in [6.07, 6.45) is 1.83. The first-order valence-electron chi connectivity index (χ1n) is 9.60. The van der Waals surface area contributed by atoms with E-state index in [-0.39, 0.29) is 29.9 Å². The van der Waals surface area contributed by atoms with Gasteiger partial charge in [-0.1, -0.05) is 32.9 Å². The summed E-state index contributed by atoms with van der Waals surface area (Å²) in [5.41, 5.74) is 1.30. The Bertz CT molecular complexity index is 637. The van der Waals surface area contributed by atoms with Crippen molar-refractivity contribution in [1.29, 1.82) is 5.41 Å². The van der Waals surface area contributed by atoms with Gasteiger partial charge in [-0.15, -0.1) is 0 Å². The highest BCUT2D eigenvalue weighted by molar-refractivity contribution is 5.89. The number of nitrogens with one attached hydrogen (secondary N) is 2. The van der Waals surface area contributed by atoms with Crippen LogP contribution < -0.4 is 10.1 Å². The Morgan fingerprint density at radius 2 is 2.04 bits per heavy atom. The van der Waals surface area contributed by atoms with Crippen molar-refractivity contribution in [2.75, 3.05) is 26.8 Å². The molecule has 1 aromatic carbocycles. The number of ether oxygens (including phenoxy) is 1. The molecule has 0 saturated carbocycles. The van der Waals surface area contributed by atoms with Gasteiger partial charge in [0.2, 0.25) is 5.91 Å². The normalized spacial score (nSPS) is 18.9. The van der Waals surface area contributed by atoms with Gasteiger partial charge in [0, 0.05) is 24.7 Å². The van der Waals surface area contributed by atoms with Crippen LogP contribution in [0.25, 0.3) is 0 Å². The van der Waals surface area contributed by atoms with Gasteiger partial charge in [-0.2, -0.15) is 0 Å². The Hall–Kier alpha value is -1.92. The predicted octanol–water partition coefficient (Wildman–Crippen LogP) is 2.45. The lowest BCUT2D eigenvalue weighted by Crippen LogP contribution is -2.46. The Kier molecular flexibility index (Phi) is 7.39. The van der Waals surface area contributed by atoms with E-state index in [2.05, 4.69) is 10.2 Å². The number of carbonyl (C=O) groups is 1.